The minimum Gasteiger partial charge on any atom is -0.491 e. The number of carbonyl (C=O) groups is 1. The molecule has 6 nitrogen and oxygen atoms in total. The fourth-order valence-electron chi connectivity index (χ4n) is 5.86. The Morgan fingerprint density at radius 2 is 1.86 bits per heavy atom. The zero-order chi connectivity index (χ0) is 25.4. The first kappa shape index (κ1) is 24.8. The van der Waals surface area contributed by atoms with Crippen LogP contribution in [0.15, 0.2) is 36.4 Å². The molecule has 1 aromatic heterocycles. The van der Waals surface area contributed by atoms with Crippen LogP contribution >= 0.6 is 0 Å². The molecule has 1 saturated carbocycles. The van der Waals surface area contributed by atoms with Crippen LogP contribution in [0.3, 0.4) is 0 Å². The molecule has 0 radical (unpaired) electrons. The Morgan fingerprint density at radius 3 is 2.58 bits per heavy atom. The number of carboxylic acids is 1. The van der Waals surface area contributed by atoms with E-state index in [1.165, 1.54) is 37.0 Å². The highest BCUT2D eigenvalue weighted by Gasteiger charge is 2.31. The summed E-state index contributed by atoms with van der Waals surface area (Å²) in [5.41, 5.74) is 4.43. The molecule has 2 aromatic carbocycles. The van der Waals surface area contributed by atoms with Gasteiger partial charge in [-0.05, 0) is 69.7 Å². The Hall–Kier alpha value is -2.90. The van der Waals surface area contributed by atoms with Gasteiger partial charge in [0.25, 0.3) is 0 Å². The summed E-state index contributed by atoms with van der Waals surface area (Å²) in [7, 11) is 6.22. The number of hydrogen-bond acceptors (Lipinski definition) is 4. The molecule has 0 bridgehead atoms. The number of nitrogens with zero attached hydrogens (tertiary/aromatic N) is 3. The number of aromatic carboxylic acids is 1. The summed E-state index contributed by atoms with van der Waals surface area (Å²) in [5.74, 6) is -0.305. The Kier molecular flexibility index (Phi) is 7.04. The lowest BCUT2D eigenvalue weighted by molar-refractivity contribution is 0.0697. The summed E-state index contributed by atoms with van der Waals surface area (Å²) in [6, 6.07) is 10.4. The Bertz CT molecular complexity index is 1260. The molecule has 0 saturated heterocycles. The average molecular weight is 494 g/mol. The molecule has 1 fully saturated rings. The van der Waals surface area contributed by atoms with Gasteiger partial charge in [-0.2, -0.15) is 0 Å². The average Bonchev–Trinajstić information content (AvgIpc) is 3.16. The molecule has 0 unspecified atom stereocenters. The first-order valence-corrected chi connectivity index (χ1v) is 13.0. The highest BCUT2D eigenvalue weighted by Crippen LogP contribution is 2.47. The van der Waals surface area contributed by atoms with E-state index in [-0.39, 0.29) is 17.4 Å². The molecule has 1 N–H and O–H groups in total. The van der Waals surface area contributed by atoms with Gasteiger partial charge >= 0.3 is 5.97 Å². The summed E-state index contributed by atoms with van der Waals surface area (Å²) >= 11 is 0. The second-order valence-electron chi connectivity index (χ2n) is 10.6. The van der Waals surface area contributed by atoms with E-state index in [4.69, 9.17) is 4.74 Å². The van der Waals surface area contributed by atoms with Gasteiger partial charge in [-0.1, -0.05) is 25.3 Å². The molecule has 0 amide bonds. The Balaban J connectivity index is 1.74. The van der Waals surface area contributed by atoms with E-state index in [1.54, 1.807) is 6.07 Å². The lowest BCUT2D eigenvalue weighted by Gasteiger charge is -2.33. The van der Waals surface area contributed by atoms with Gasteiger partial charge in [0.2, 0.25) is 0 Å². The van der Waals surface area contributed by atoms with Gasteiger partial charge in [0.05, 0.1) is 17.3 Å². The third kappa shape index (κ3) is 4.74. The van der Waals surface area contributed by atoms with Crippen LogP contribution in [0.4, 0.5) is 4.39 Å². The van der Waals surface area contributed by atoms with Crippen LogP contribution in [-0.4, -0.2) is 72.3 Å². The van der Waals surface area contributed by atoms with Crippen LogP contribution in [0.2, 0.25) is 0 Å². The summed E-state index contributed by atoms with van der Waals surface area (Å²) < 4.78 is 23.0. The van der Waals surface area contributed by atoms with Gasteiger partial charge in [-0.3, -0.25) is 4.90 Å². The standard InChI is InChI=1S/C29H36FN3O3/c1-31(2)13-14-32(3)22-17-33-25-15-20(29(34)35)9-11-23(25)27(19-7-5-4-6-8-19)28(33)24-12-10-21(30)16-26(24)36-18-22/h9-12,15-16,19,22H,4-8,13-14,17-18H2,1-3H3,(H,34,35)/t22-/m1/s1. The summed E-state index contributed by atoms with van der Waals surface area (Å²) in [4.78, 5) is 16.4. The van der Waals surface area contributed by atoms with Gasteiger partial charge in [0, 0.05) is 42.2 Å². The molecule has 2 heterocycles. The number of ether oxygens (including phenoxy) is 1. The van der Waals surface area contributed by atoms with Crippen molar-refractivity contribution in [3.05, 3.63) is 53.3 Å². The number of carboxylic acid groups (broad SMARTS) is 1. The minimum absolute atomic E-state index is 0.0448. The highest BCUT2D eigenvalue weighted by molar-refractivity contribution is 5.98. The number of likely N-dealkylation sites (N-methyl/N-ethyl adjacent to an activating group) is 2. The molecular weight excluding hydrogens is 457 g/mol. The molecule has 2 aliphatic rings. The SMILES string of the molecule is CN(C)CCN(C)[C@H]1COc2cc(F)ccc2-c2c(C3CCCCC3)c3ccc(C(=O)O)cc3n2C1. The van der Waals surface area contributed by atoms with Crippen molar-refractivity contribution in [3.8, 4) is 17.0 Å². The van der Waals surface area contributed by atoms with E-state index in [2.05, 4.69) is 35.5 Å². The van der Waals surface area contributed by atoms with Crippen molar-refractivity contribution < 1.29 is 19.0 Å². The second-order valence-corrected chi connectivity index (χ2v) is 10.6. The van der Waals surface area contributed by atoms with Crippen molar-refractivity contribution >= 4 is 16.9 Å². The van der Waals surface area contributed by atoms with Gasteiger partial charge in [0.15, 0.2) is 0 Å². The van der Waals surface area contributed by atoms with E-state index in [9.17, 15) is 14.3 Å². The lowest BCUT2D eigenvalue weighted by atomic mass is 9.81. The van der Waals surface area contributed by atoms with Crippen LogP contribution in [0.25, 0.3) is 22.2 Å². The topological polar surface area (TPSA) is 57.9 Å². The summed E-state index contributed by atoms with van der Waals surface area (Å²) in [5, 5.41) is 10.9. The van der Waals surface area contributed by atoms with E-state index >= 15 is 0 Å². The predicted molar refractivity (Wildman–Crippen MR) is 141 cm³/mol. The van der Waals surface area contributed by atoms with Gasteiger partial charge in [-0.25, -0.2) is 9.18 Å². The zero-order valence-corrected chi connectivity index (χ0v) is 21.5. The number of rotatable bonds is 6. The maximum atomic E-state index is 14.4. The van der Waals surface area contributed by atoms with Crippen LogP contribution in [0.1, 0.15) is 53.9 Å². The fourth-order valence-corrected chi connectivity index (χ4v) is 5.86. The van der Waals surface area contributed by atoms with Crippen LogP contribution in [-0.2, 0) is 6.54 Å². The van der Waals surface area contributed by atoms with E-state index in [0.29, 0.717) is 24.8 Å². The van der Waals surface area contributed by atoms with Crippen molar-refractivity contribution in [1.29, 1.82) is 0 Å². The first-order valence-electron chi connectivity index (χ1n) is 13.0. The third-order valence-electron chi connectivity index (χ3n) is 7.91. The van der Waals surface area contributed by atoms with Gasteiger partial charge < -0.3 is 19.3 Å². The molecule has 3 aromatic rings. The van der Waals surface area contributed by atoms with Crippen molar-refractivity contribution in [2.75, 3.05) is 40.8 Å². The molecular formula is C29H36FN3O3. The van der Waals surface area contributed by atoms with Crippen LogP contribution in [0, 0.1) is 5.82 Å². The van der Waals surface area contributed by atoms with Crippen LogP contribution < -0.4 is 4.74 Å². The van der Waals surface area contributed by atoms with Crippen molar-refractivity contribution in [3.63, 3.8) is 0 Å². The maximum Gasteiger partial charge on any atom is 0.335 e. The second kappa shape index (κ2) is 10.2. The largest absolute Gasteiger partial charge is 0.491 e. The van der Waals surface area contributed by atoms with Crippen molar-refractivity contribution in [2.45, 2.75) is 50.6 Å². The van der Waals surface area contributed by atoms with E-state index in [1.807, 2.05) is 18.2 Å². The Labute approximate surface area is 212 Å². The smallest absolute Gasteiger partial charge is 0.335 e. The molecule has 1 aliphatic carbocycles. The number of fused-ring (bicyclic) bond motifs is 5. The predicted octanol–water partition coefficient (Wildman–Crippen LogP) is 5.45. The zero-order valence-electron chi connectivity index (χ0n) is 21.5. The Morgan fingerprint density at radius 1 is 1.08 bits per heavy atom. The van der Waals surface area contributed by atoms with E-state index < -0.39 is 5.97 Å². The molecule has 1 aliphatic heterocycles. The molecule has 7 heteroatoms. The van der Waals surface area contributed by atoms with Gasteiger partial charge in [-0.15, -0.1) is 0 Å². The highest BCUT2D eigenvalue weighted by atomic mass is 19.1. The molecule has 36 heavy (non-hydrogen) atoms. The van der Waals surface area contributed by atoms with E-state index in [0.717, 1.165) is 48.1 Å². The molecule has 192 valence electrons. The molecule has 5 rings (SSSR count). The monoisotopic (exact) mass is 493 g/mol. The fraction of sp³-hybridized carbons (Fsp3) is 0.483. The lowest BCUT2D eigenvalue weighted by Crippen LogP contribution is -2.43. The maximum absolute atomic E-state index is 14.4. The van der Waals surface area contributed by atoms with Gasteiger partial charge in [0.1, 0.15) is 18.2 Å². The number of benzene rings is 2. The number of hydrogen-bond donors (Lipinski definition) is 1. The third-order valence-corrected chi connectivity index (χ3v) is 7.91. The summed E-state index contributed by atoms with van der Waals surface area (Å²) in [6.07, 6.45) is 5.84. The minimum atomic E-state index is -0.928. The quantitative estimate of drug-likeness (QED) is 0.495. The normalized spacial score (nSPS) is 18.6. The van der Waals surface area contributed by atoms with Crippen LogP contribution in [0.5, 0.6) is 5.75 Å². The first-order chi connectivity index (χ1) is 17.3. The molecule has 1 atom stereocenters. The molecule has 0 spiro atoms. The summed E-state index contributed by atoms with van der Waals surface area (Å²) in [6.45, 7) is 2.87. The van der Waals surface area contributed by atoms with Crippen molar-refractivity contribution in [2.24, 2.45) is 0 Å². The number of aromatic nitrogens is 1. The van der Waals surface area contributed by atoms with Crippen molar-refractivity contribution in [1.82, 2.24) is 14.4 Å². The number of halogens is 1.